The van der Waals surface area contributed by atoms with E-state index in [0.717, 1.165) is 35.5 Å². The summed E-state index contributed by atoms with van der Waals surface area (Å²) in [6.07, 6.45) is 3.40. The van der Waals surface area contributed by atoms with Crippen LogP contribution in [0.15, 0.2) is 30.5 Å². The molecule has 0 aliphatic carbocycles. The highest BCUT2D eigenvalue weighted by Crippen LogP contribution is 2.26. The van der Waals surface area contributed by atoms with Crippen molar-refractivity contribution in [1.29, 1.82) is 0 Å². The topological polar surface area (TPSA) is 54.5 Å². The maximum atomic E-state index is 12.7. The van der Waals surface area contributed by atoms with Gasteiger partial charge in [0.25, 0.3) is 0 Å². The first-order valence-corrected chi connectivity index (χ1v) is 8.23. The van der Waals surface area contributed by atoms with Crippen molar-refractivity contribution in [1.82, 2.24) is 9.88 Å². The highest BCUT2D eigenvalue weighted by atomic mass is 16.5. The number of aryl methyl sites for hydroxylation is 2. The lowest BCUT2D eigenvalue weighted by atomic mass is 10.0. The number of pyridine rings is 1. The number of rotatable bonds is 2. The first-order valence-electron chi connectivity index (χ1n) is 8.23. The molecule has 1 aromatic heterocycles. The second kappa shape index (κ2) is 6.91. The van der Waals surface area contributed by atoms with E-state index in [2.05, 4.69) is 16.4 Å². The number of hydrogen-bond acceptors (Lipinski definition) is 3. The SMILES string of the molecule is COc1cccc2c1CCN(C(=O)Nc1c(C)ccnc1C)CC2. The Morgan fingerprint density at radius 3 is 2.75 bits per heavy atom. The molecule has 0 saturated heterocycles. The van der Waals surface area contributed by atoms with Gasteiger partial charge in [0.15, 0.2) is 0 Å². The number of fused-ring (bicyclic) bond motifs is 1. The minimum atomic E-state index is -0.0685. The molecule has 0 bridgehead atoms. The van der Waals surface area contributed by atoms with Crippen LogP contribution in [-0.2, 0) is 12.8 Å². The van der Waals surface area contributed by atoms with Crippen LogP contribution in [0, 0.1) is 13.8 Å². The Morgan fingerprint density at radius 1 is 1.21 bits per heavy atom. The largest absolute Gasteiger partial charge is 0.496 e. The molecule has 5 nitrogen and oxygen atoms in total. The number of nitrogens with one attached hydrogen (secondary N) is 1. The maximum Gasteiger partial charge on any atom is 0.321 e. The summed E-state index contributed by atoms with van der Waals surface area (Å²) < 4.78 is 5.46. The van der Waals surface area contributed by atoms with Gasteiger partial charge in [0.05, 0.1) is 18.5 Å². The van der Waals surface area contributed by atoms with Crippen LogP contribution >= 0.6 is 0 Å². The van der Waals surface area contributed by atoms with E-state index in [4.69, 9.17) is 4.74 Å². The number of amides is 2. The monoisotopic (exact) mass is 325 g/mol. The number of methoxy groups -OCH3 is 1. The van der Waals surface area contributed by atoms with Crippen molar-refractivity contribution in [2.45, 2.75) is 26.7 Å². The Bertz CT molecular complexity index is 738. The first-order chi connectivity index (χ1) is 11.6. The summed E-state index contributed by atoms with van der Waals surface area (Å²) in [4.78, 5) is 18.8. The molecular formula is C19H23N3O2. The molecule has 3 rings (SSSR count). The Kier molecular flexibility index (Phi) is 4.69. The second-order valence-corrected chi connectivity index (χ2v) is 6.10. The van der Waals surface area contributed by atoms with Gasteiger partial charge in [-0.05, 0) is 55.5 Å². The summed E-state index contributed by atoms with van der Waals surface area (Å²) in [7, 11) is 1.69. The standard InChI is InChI=1S/C19H23N3O2/c1-13-7-10-20-14(2)18(13)21-19(23)22-11-8-15-5-4-6-17(24-3)16(15)9-12-22/h4-7,10H,8-9,11-12H2,1-3H3,(H,21,23). The molecule has 1 aromatic carbocycles. The molecule has 1 aliphatic rings. The molecule has 0 unspecified atom stereocenters. The van der Waals surface area contributed by atoms with E-state index in [-0.39, 0.29) is 6.03 Å². The third-order valence-electron chi connectivity index (χ3n) is 4.60. The Morgan fingerprint density at radius 2 is 2.00 bits per heavy atom. The third-order valence-corrected chi connectivity index (χ3v) is 4.60. The third kappa shape index (κ3) is 3.20. The fourth-order valence-electron chi connectivity index (χ4n) is 3.21. The maximum absolute atomic E-state index is 12.7. The second-order valence-electron chi connectivity index (χ2n) is 6.10. The zero-order chi connectivity index (χ0) is 17.1. The van der Waals surface area contributed by atoms with Gasteiger partial charge >= 0.3 is 6.03 Å². The number of aromatic nitrogens is 1. The first kappa shape index (κ1) is 16.3. The minimum absolute atomic E-state index is 0.0685. The van der Waals surface area contributed by atoms with Gasteiger partial charge in [-0.25, -0.2) is 4.79 Å². The molecule has 2 heterocycles. The van der Waals surface area contributed by atoms with Crippen LogP contribution in [0.1, 0.15) is 22.4 Å². The van der Waals surface area contributed by atoms with Gasteiger partial charge in [-0.2, -0.15) is 0 Å². The van der Waals surface area contributed by atoms with Crippen LogP contribution in [0.25, 0.3) is 0 Å². The van der Waals surface area contributed by atoms with Gasteiger partial charge in [0.2, 0.25) is 0 Å². The fraction of sp³-hybridized carbons (Fsp3) is 0.368. The Hall–Kier alpha value is -2.56. The zero-order valence-electron chi connectivity index (χ0n) is 14.4. The van der Waals surface area contributed by atoms with Gasteiger partial charge in [0.1, 0.15) is 5.75 Å². The van der Waals surface area contributed by atoms with E-state index in [1.54, 1.807) is 13.3 Å². The average Bonchev–Trinajstić information content (AvgIpc) is 2.80. The quantitative estimate of drug-likeness (QED) is 0.921. The van der Waals surface area contributed by atoms with Crippen molar-refractivity contribution in [3.63, 3.8) is 0 Å². The van der Waals surface area contributed by atoms with Gasteiger partial charge in [-0.3, -0.25) is 4.98 Å². The molecule has 126 valence electrons. The van der Waals surface area contributed by atoms with Crippen molar-refractivity contribution in [2.24, 2.45) is 0 Å². The normalized spacial score (nSPS) is 13.9. The zero-order valence-corrected chi connectivity index (χ0v) is 14.4. The molecule has 0 fully saturated rings. The number of nitrogens with zero attached hydrogens (tertiary/aromatic N) is 2. The van der Waals surface area contributed by atoms with Gasteiger partial charge in [-0.15, -0.1) is 0 Å². The van der Waals surface area contributed by atoms with Crippen LogP contribution in [-0.4, -0.2) is 36.1 Å². The van der Waals surface area contributed by atoms with E-state index in [1.807, 2.05) is 36.9 Å². The summed E-state index contributed by atoms with van der Waals surface area (Å²) in [6.45, 7) is 5.26. The van der Waals surface area contributed by atoms with Crippen molar-refractivity contribution in [2.75, 3.05) is 25.5 Å². The Labute approximate surface area is 142 Å². The van der Waals surface area contributed by atoms with Crippen LogP contribution in [0.2, 0.25) is 0 Å². The average molecular weight is 325 g/mol. The van der Waals surface area contributed by atoms with Crippen LogP contribution in [0.4, 0.5) is 10.5 Å². The molecule has 2 amide bonds. The molecule has 1 N–H and O–H groups in total. The van der Waals surface area contributed by atoms with Gasteiger partial charge in [0, 0.05) is 19.3 Å². The lowest BCUT2D eigenvalue weighted by molar-refractivity contribution is 0.214. The van der Waals surface area contributed by atoms with Crippen LogP contribution < -0.4 is 10.1 Å². The molecule has 0 atom stereocenters. The van der Waals surface area contributed by atoms with Crippen LogP contribution in [0.3, 0.4) is 0 Å². The highest BCUT2D eigenvalue weighted by Gasteiger charge is 2.21. The van der Waals surface area contributed by atoms with Crippen molar-refractivity contribution in [3.05, 3.63) is 52.8 Å². The molecule has 2 aromatic rings. The molecule has 24 heavy (non-hydrogen) atoms. The molecule has 0 spiro atoms. The summed E-state index contributed by atoms with van der Waals surface area (Å²) in [5, 5.41) is 3.02. The molecule has 1 aliphatic heterocycles. The predicted octanol–water partition coefficient (Wildman–Crippen LogP) is 3.34. The number of anilines is 1. The molecule has 0 saturated carbocycles. The summed E-state index contributed by atoms with van der Waals surface area (Å²) in [5.74, 6) is 0.911. The predicted molar refractivity (Wildman–Crippen MR) is 94.7 cm³/mol. The number of carbonyl (C=O) groups excluding carboxylic acids is 1. The van der Waals surface area contributed by atoms with Gasteiger partial charge < -0.3 is 15.0 Å². The van der Waals surface area contributed by atoms with E-state index in [0.29, 0.717) is 13.1 Å². The van der Waals surface area contributed by atoms with Crippen molar-refractivity contribution >= 4 is 11.7 Å². The van der Waals surface area contributed by atoms with Crippen molar-refractivity contribution in [3.8, 4) is 5.75 Å². The minimum Gasteiger partial charge on any atom is -0.496 e. The lowest BCUT2D eigenvalue weighted by Crippen LogP contribution is -2.37. The Balaban J connectivity index is 1.74. The summed E-state index contributed by atoms with van der Waals surface area (Å²) >= 11 is 0. The smallest absolute Gasteiger partial charge is 0.321 e. The number of benzene rings is 1. The van der Waals surface area contributed by atoms with E-state index in [9.17, 15) is 4.79 Å². The summed E-state index contributed by atoms with van der Waals surface area (Å²) in [6, 6.07) is 7.95. The summed E-state index contributed by atoms with van der Waals surface area (Å²) in [5.41, 5.74) is 5.14. The molecule has 5 heteroatoms. The highest BCUT2D eigenvalue weighted by molar-refractivity contribution is 5.90. The fourth-order valence-corrected chi connectivity index (χ4v) is 3.21. The number of carbonyl (C=O) groups is 1. The van der Waals surface area contributed by atoms with Crippen LogP contribution in [0.5, 0.6) is 5.75 Å². The molecule has 0 radical (unpaired) electrons. The van der Waals surface area contributed by atoms with Gasteiger partial charge in [-0.1, -0.05) is 12.1 Å². The number of urea groups is 1. The molecular weight excluding hydrogens is 302 g/mol. The number of hydrogen-bond donors (Lipinski definition) is 1. The lowest BCUT2D eigenvalue weighted by Gasteiger charge is -2.22. The number of ether oxygens (including phenoxy) is 1. The van der Waals surface area contributed by atoms with E-state index >= 15 is 0 Å². The van der Waals surface area contributed by atoms with E-state index in [1.165, 1.54) is 11.1 Å². The van der Waals surface area contributed by atoms with Crippen molar-refractivity contribution < 1.29 is 9.53 Å². The van der Waals surface area contributed by atoms with E-state index < -0.39 is 0 Å².